The van der Waals surface area contributed by atoms with E-state index in [-0.39, 0.29) is 35.7 Å². The molecular weight excluding hydrogens is 340 g/mol. The van der Waals surface area contributed by atoms with Crippen LogP contribution in [0.1, 0.15) is 28.5 Å². The van der Waals surface area contributed by atoms with Crippen molar-refractivity contribution in [3.63, 3.8) is 0 Å². The number of aromatic hydroxyl groups is 1. The highest BCUT2D eigenvalue weighted by Gasteiger charge is 2.26. The molecule has 2 unspecified atom stereocenters. The third-order valence-corrected chi connectivity index (χ3v) is 3.86. The predicted molar refractivity (Wildman–Crippen MR) is 92.2 cm³/mol. The molecule has 8 nitrogen and oxygen atoms in total. The molecular formula is C18H22N2O6. The van der Waals surface area contributed by atoms with Crippen molar-refractivity contribution in [2.24, 2.45) is 0 Å². The lowest BCUT2D eigenvalue weighted by Crippen LogP contribution is -2.36. The summed E-state index contributed by atoms with van der Waals surface area (Å²) in [6.07, 6.45) is -2.38. The van der Waals surface area contributed by atoms with Crippen LogP contribution in [0.15, 0.2) is 36.5 Å². The second-order valence-electron chi connectivity index (χ2n) is 5.74. The molecule has 0 aliphatic heterocycles. The number of aromatic nitrogens is 1. The molecule has 0 aliphatic carbocycles. The molecule has 140 valence electrons. The van der Waals surface area contributed by atoms with Crippen LogP contribution in [0.25, 0.3) is 0 Å². The zero-order valence-corrected chi connectivity index (χ0v) is 14.3. The van der Waals surface area contributed by atoms with Gasteiger partial charge in [-0.05, 0) is 12.5 Å². The maximum absolute atomic E-state index is 11.7. The van der Waals surface area contributed by atoms with E-state index in [2.05, 4.69) is 10.3 Å². The Morgan fingerprint density at radius 3 is 2.62 bits per heavy atom. The highest BCUT2D eigenvalue weighted by Crippen LogP contribution is 2.31. The quantitative estimate of drug-likeness (QED) is 0.494. The molecule has 1 aromatic carbocycles. The smallest absolute Gasteiger partial charge is 0.407 e. The first kappa shape index (κ1) is 19.6. The second kappa shape index (κ2) is 9.14. The summed E-state index contributed by atoms with van der Waals surface area (Å²) in [5.74, 6) is -0.310. The molecule has 0 saturated carbocycles. The van der Waals surface area contributed by atoms with Crippen LogP contribution < -0.4 is 5.32 Å². The Bertz CT molecular complexity index is 738. The first-order valence-corrected chi connectivity index (χ1v) is 8.03. The van der Waals surface area contributed by atoms with Crippen molar-refractivity contribution >= 4 is 6.09 Å². The highest BCUT2D eigenvalue weighted by molar-refractivity contribution is 5.67. The summed E-state index contributed by atoms with van der Waals surface area (Å²) in [5.41, 5.74) is 1.23. The number of rotatable bonds is 7. The number of carbonyl (C=O) groups is 1. The van der Waals surface area contributed by atoms with Crippen LogP contribution in [-0.4, -0.2) is 44.2 Å². The van der Waals surface area contributed by atoms with E-state index in [4.69, 9.17) is 4.74 Å². The van der Waals surface area contributed by atoms with Crippen molar-refractivity contribution in [1.82, 2.24) is 10.3 Å². The molecule has 0 fully saturated rings. The van der Waals surface area contributed by atoms with E-state index in [0.717, 1.165) is 5.56 Å². The number of nitrogens with one attached hydrogen (secondary N) is 1. The Balaban J connectivity index is 1.92. The summed E-state index contributed by atoms with van der Waals surface area (Å²) in [6.45, 7) is 0.829. The van der Waals surface area contributed by atoms with E-state index < -0.39 is 24.9 Å². The molecule has 0 aliphatic rings. The van der Waals surface area contributed by atoms with Crippen molar-refractivity contribution in [3.05, 3.63) is 58.9 Å². The van der Waals surface area contributed by atoms with E-state index in [1.54, 1.807) is 12.1 Å². The summed E-state index contributed by atoms with van der Waals surface area (Å²) in [4.78, 5) is 15.6. The van der Waals surface area contributed by atoms with E-state index >= 15 is 0 Å². The molecule has 0 bridgehead atoms. The molecule has 2 aromatic rings. The fourth-order valence-corrected chi connectivity index (χ4v) is 2.37. The maximum atomic E-state index is 11.7. The average Bonchev–Trinajstić information content (AvgIpc) is 2.66. The molecule has 0 radical (unpaired) electrons. The van der Waals surface area contributed by atoms with Gasteiger partial charge < -0.3 is 30.5 Å². The number of aryl methyl sites for hydroxylation is 1. The van der Waals surface area contributed by atoms with Crippen LogP contribution in [0.2, 0.25) is 0 Å². The minimum Gasteiger partial charge on any atom is -0.506 e. The van der Waals surface area contributed by atoms with E-state index in [1.165, 1.54) is 13.1 Å². The zero-order valence-electron chi connectivity index (χ0n) is 14.3. The normalized spacial score (nSPS) is 13.1. The van der Waals surface area contributed by atoms with Crippen LogP contribution in [0.4, 0.5) is 4.79 Å². The number of hydrogen-bond acceptors (Lipinski definition) is 7. The molecule has 2 atom stereocenters. The number of hydrogen-bond donors (Lipinski definition) is 5. The molecule has 8 heteroatoms. The largest absolute Gasteiger partial charge is 0.506 e. The SMILES string of the molecule is Cc1ncc(CO)c(C(O)C(O)CNC(=O)OCc2ccccc2)c1O. The van der Waals surface area contributed by atoms with Crippen LogP contribution in [0.5, 0.6) is 5.75 Å². The van der Waals surface area contributed by atoms with Gasteiger partial charge in [0.15, 0.2) is 0 Å². The third-order valence-electron chi connectivity index (χ3n) is 3.86. The van der Waals surface area contributed by atoms with E-state index in [1.807, 2.05) is 18.2 Å². The Morgan fingerprint density at radius 2 is 1.96 bits per heavy atom. The van der Waals surface area contributed by atoms with E-state index in [0.29, 0.717) is 0 Å². The molecule has 5 N–H and O–H groups in total. The lowest BCUT2D eigenvalue weighted by atomic mass is 9.98. The monoisotopic (exact) mass is 362 g/mol. The number of amides is 1. The lowest BCUT2D eigenvalue weighted by Gasteiger charge is -2.22. The summed E-state index contributed by atoms with van der Waals surface area (Å²) in [6, 6.07) is 9.09. The standard InChI is InChI=1S/C18H22N2O6/c1-11-16(23)15(13(9-21)7-19-11)17(24)14(22)8-20-18(25)26-10-12-5-3-2-4-6-12/h2-7,14,17,21-24H,8-10H2,1H3,(H,20,25). The van der Waals surface area contributed by atoms with Gasteiger partial charge in [-0.3, -0.25) is 4.98 Å². The molecule has 0 saturated heterocycles. The molecule has 1 aromatic heterocycles. The number of nitrogens with zero attached hydrogens (tertiary/aromatic N) is 1. The number of pyridine rings is 1. The predicted octanol–water partition coefficient (Wildman–Crippen LogP) is 0.909. The maximum Gasteiger partial charge on any atom is 0.407 e. The minimum absolute atomic E-state index is 0.0213. The van der Waals surface area contributed by atoms with Crippen molar-refractivity contribution in [1.29, 1.82) is 0 Å². The average molecular weight is 362 g/mol. The van der Waals surface area contributed by atoms with Gasteiger partial charge in [0.1, 0.15) is 24.6 Å². The van der Waals surface area contributed by atoms with E-state index in [9.17, 15) is 25.2 Å². The first-order chi connectivity index (χ1) is 12.4. The van der Waals surface area contributed by atoms with Gasteiger partial charge in [-0.25, -0.2) is 4.79 Å². The van der Waals surface area contributed by atoms with Gasteiger partial charge in [0, 0.05) is 23.9 Å². The minimum atomic E-state index is -1.52. The van der Waals surface area contributed by atoms with Gasteiger partial charge in [-0.2, -0.15) is 0 Å². The third kappa shape index (κ3) is 4.92. The summed E-state index contributed by atoms with van der Waals surface area (Å²) in [7, 11) is 0. The number of alkyl carbamates (subject to hydrolysis) is 1. The lowest BCUT2D eigenvalue weighted by molar-refractivity contribution is 0.0158. The van der Waals surface area contributed by atoms with Crippen LogP contribution >= 0.6 is 0 Å². The zero-order chi connectivity index (χ0) is 19.1. The number of ether oxygens (including phenoxy) is 1. The van der Waals surface area contributed by atoms with Crippen molar-refractivity contribution in [2.45, 2.75) is 32.3 Å². The van der Waals surface area contributed by atoms with Crippen LogP contribution in [-0.2, 0) is 18.0 Å². The van der Waals surface area contributed by atoms with Crippen LogP contribution in [0, 0.1) is 6.92 Å². The molecule has 1 amide bonds. The summed E-state index contributed by atoms with van der Waals surface area (Å²) >= 11 is 0. The Hall–Kier alpha value is -2.68. The number of aliphatic hydroxyl groups excluding tert-OH is 3. The second-order valence-corrected chi connectivity index (χ2v) is 5.74. The molecule has 26 heavy (non-hydrogen) atoms. The molecule has 2 rings (SSSR count). The number of aliphatic hydroxyl groups is 3. The fraction of sp³-hybridized carbons (Fsp3) is 0.333. The topological polar surface area (TPSA) is 132 Å². The summed E-state index contributed by atoms with van der Waals surface area (Å²) in [5, 5.41) is 42.1. The van der Waals surface area contributed by atoms with Crippen molar-refractivity contribution in [2.75, 3.05) is 6.54 Å². The Labute approximate surface area is 150 Å². The molecule has 0 spiro atoms. The van der Waals surface area contributed by atoms with Gasteiger partial charge in [-0.15, -0.1) is 0 Å². The van der Waals surface area contributed by atoms with Crippen molar-refractivity contribution in [3.8, 4) is 5.75 Å². The highest BCUT2D eigenvalue weighted by atomic mass is 16.5. The van der Waals surface area contributed by atoms with Gasteiger partial charge in [0.25, 0.3) is 0 Å². The fourth-order valence-electron chi connectivity index (χ4n) is 2.37. The van der Waals surface area contributed by atoms with Gasteiger partial charge in [0.2, 0.25) is 0 Å². The summed E-state index contributed by atoms with van der Waals surface area (Å²) < 4.78 is 5.01. The van der Waals surface area contributed by atoms with Gasteiger partial charge >= 0.3 is 6.09 Å². The van der Waals surface area contributed by atoms with Crippen LogP contribution in [0.3, 0.4) is 0 Å². The Morgan fingerprint density at radius 1 is 1.27 bits per heavy atom. The Kier molecular flexibility index (Phi) is 6.90. The van der Waals surface area contributed by atoms with Gasteiger partial charge in [-0.1, -0.05) is 30.3 Å². The van der Waals surface area contributed by atoms with Crippen molar-refractivity contribution < 1.29 is 30.0 Å². The first-order valence-electron chi connectivity index (χ1n) is 8.03. The number of benzene rings is 1. The van der Waals surface area contributed by atoms with Gasteiger partial charge in [0.05, 0.1) is 12.3 Å². The number of carbonyl (C=O) groups excluding carboxylic acids is 1. The molecule has 1 heterocycles.